The summed E-state index contributed by atoms with van der Waals surface area (Å²) in [6, 6.07) is 0.436. The topological polar surface area (TPSA) is 46.2 Å². The van der Waals surface area contributed by atoms with Crippen LogP contribution in [0.4, 0.5) is 0 Å². The molecule has 0 saturated heterocycles. The molecule has 1 atom stereocenters. The van der Waals surface area contributed by atoms with Crippen LogP contribution in [0.15, 0.2) is 0 Å². The molecule has 0 aromatic heterocycles. The fourth-order valence-corrected chi connectivity index (χ4v) is 3.37. The standard InChI is InChI=1S/C11H23NO2S/c1-3-4-10(2)12-7-8-15(13,14)9-11-5-6-11/h10-12H,3-9H2,1-2H3. The lowest BCUT2D eigenvalue weighted by Crippen LogP contribution is -2.31. The van der Waals surface area contributed by atoms with Crippen molar-refractivity contribution < 1.29 is 8.42 Å². The average molecular weight is 233 g/mol. The van der Waals surface area contributed by atoms with Crippen molar-refractivity contribution >= 4 is 9.84 Å². The molecular formula is C11H23NO2S. The van der Waals surface area contributed by atoms with Crippen LogP contribution < -0.4 is 5.32 Å². The van der Waals surface area contributed by atoms with Gasteiger partial charge in [-0.15, -0.1) is 0 Å². The van der Waals surface area contributed by atoms with Crippen molar-refractivity contribution in [2.45, 2.75) is 45.6 Å². The van der Waals surface area contributed by atoms with Crippen LogP contribution in [0.3, 0.4) is 0 Å². The lowest BCUT2D eigenvalue weighted by atomic mass is 10.2. The van der Waals surface area contributed by atoms with Crippen molar-refractivity contribution in [1.29, 1.82) is 0 Å². The Morgan fingerprint density at radius 3 is 2.60 bits per heavy atom. The fourth-order valence-electron chi connectivity index (χ4n) is 1.72. The molecule has 1 saturated carbocycles. The predicted octanol–water partition coefficient (Wildman–Crippen LogP) is 1.59. The summed E-state index contributed by atoms with van der Waals surface area (Å²) in [7, 11) is -2.79. The minimum absolute atomic E-state index is 0.303. The van der Waals surface area contributed by atoms with Crippen LogP contribution in [0.2, 0.25) is 0 Å². The Morgan fingerprint density at radius 2 is 2.07 bits per heavy atom. The van der Waals surface area contributed by atoms with E-state index in [4.69, 9.17) is 0 Å². The molecule has 1 N–H and O–H groups in total. The van der Waals surface area contributed by atoms with Crippen LogP contribution >= 0.6 is 0 Å². The van der Waals surface area contributed by atoms with E-state index in [0.717, 1.165) is 25.7 Å². The average Bonchev–Trinajstić information content (AvgIpc) is 2.87. The van der Waals surface area contributed by atoms with Crippen molar-refractivity contribution in [3.63, 3.8) is 0 Å². The minimum Gasteiger partial charge on any atom is -0.313 e. The third kappa shape index (κ3) is 6.15. The Kier molecular flexibility index (Phi) is 5.06. The van der Waals surface area contributed by atoms with E-state index in [1.165, 1.54) is 0 Å². The van der Waals surface area contributed by atoms with Crippen molar-refractivity contribution in [3.8, 4) is 0 Å². The molecule has 1 unspecified atom stereocenters. The van der Waals surface area contributed by atoms with Gasteiger partial charge in [-0.05, 0) is 32.1 Å². The highest BCUT2D eigenvalue weighted by atomic mass is 32.2. The number of rotatable bonds is 8. The molecule has 0 radical (unpaired) electrons. The number of sulfone groups is 1. The first kappa shape index (κ1) is 13.0. The molecule has 0 heterocycles. The Labute approximate surface area is 93.6 Å². The summed E-state index contributed by atoms with van der Waals surface area (Å²) < 4.78 is 23.2. The summed E-state index contributed by atoms with van der Waals surface area (Å²) in [5.41, 5.74) is 0. The van der Waals surface area contributed by atoms with E-state index in [1.807, 2.05) is 0 Å². The molecule has 1 rings (SSSR count). The van der Waals surface area contributed by atoms with Gasteiger partial charge in [-0.2, -0.15) is 0 Å². The quantitative estimate of drug-likeness (QED) is 0.692. The fraction of sp³-hybridized carbons (Fsp3) is 1.00. The van der Waals surface area contributed by atoms with Gasteiger partial charge >= 0.3 is 0 Å². The van der Waals surface area contributed by atoms with Gasteiger partial charge in [0.05, 0.1) is 11.5 Å². The van der Waals surface area contributed by atoms with Gasteiger partial charge < -0.3 is 5.32 Å². The van der Waals surface area contributed by atoms with Gasteiger partial charge in [-0.3, -0.25) is 0 Å². The molecule has 0 spiro atoms. The SMILES string of the molecule is CCCC(C)NCCS(=O)(=O)CC1CC1. The van der Waals surface area contributed by atoms with Gasteiger partial charge in [0.1, 0.15) is 0 Å². The zero-order chi connectivity index (χ0) is 11.3. The molecule has 0 bridgehead atoms. The Morgan fingerprint density at radius 1 is 1.40 bits per heavy atom. The molecule has 1 aliphatic rings. The van der Waals surface area contributed by atoms with Crippen LogP contribution in [-0.4, -0.2) is 32.5 Å². The normalized spacial score (nSPS) is 19.1. The van der Waals surface area contributed by atoms with Crippen LogP contribution in [0.1, 0.15) is 39.5 Å². The summed E-state index contributed by atoms with van der Waals surface area (Å²) in [5, 5.41) is 3.25. The molecule has 0 aromatic carbocycles. The number of nitrogens with one attached hydrogen (secondary N) is 1. The van der Waals surface area contributed by atoms with Crippen molar-refractivity contribution in [2.24, 2.45) is 5.92 Å². The van der Waals surface area contributed by atoms with E-state index >= 15 is 0 Å². The minimum atomic E-state index is -2.79. The molecule has 90 valence electrons. The molecule has 1 aliphatic carbocycles. The van der Waals surface area contributed by atoms with Crippen LogP contribution in [0, 0.1) is 5.92 Å². The van der Waals surface area contributed by atoms with Gasteiger partial charge in [0.25, 0.3) is 0 Å². The second kappa shape index (κ2) is 5.85. The van der Waals surface area contributed by atoms with Crippen molar-refractivity contribution in [1.82, 2.24) is 5.32 Å². The first-order chi connectivity index (χ1) is 7.03. The Hall–Kier alpha value is -0.0900. The molecule has 0 aliphatic heterocycles. The summed E-state index contributed by atoms with van der Waals surface area (Å²) in [4.78, 5) is 0. The lowest BCUT2D eigenvalue weighted by molar-refractivity contribution is 0.520. The van der Waals surface area contributed by atoms with Gasteiger partial charge in [-0.25, -0.2) is 8.42 Å². The maximum Gasteiger partial charge on any atom is 0.151 e. The van der Waals surface area contributed by atoms with Gasteiger partial charge in [0.2, 0.25) is 0 Å². The summed E-state index contributed by atoms with van der Waals surface area (Å²) in [5.74, 6) is 1.19. The van der Waals surface area contributed by atoms with E-state index in [-0.39, 0.29) is 0 Å². The molecule has 4 heteroatoms. The van der Waals surface area contributed by atoms with E-state index in [0.29, 0.717) is 30.0 Å². The van der Waals surface area contributed by atoms with Gasteiger partial charge in [-0.1, -0.05) is 13.3 Å². The van der Waals surface area contributed by atoms with E-state index in [2.05, 4.69) is 19.2 Å². The van der Waals surface area contributed by atoms with Gasteiger partial charge in [0.15, 0.2) is 9.84 Å². The highest BCUT2D eigenvalue weighted by Gasteiger charge is 2.27. The highest BCUT2D eigenvalue weighted by Crippen LogP contribution is 2.30. The van der Waals surface area contributed by atoms with Crippen LogP contribution in [0.5, 0.6) is 0 Å². The Balaban J connectivity index is 2.12. The predicted molar refractivity (Wildman–Crippen MR) is 63.8 cm³/mol. The van der Waals surface area contributed by atoms with E-state index in [1.54, 1.807) is 0 Å². The summed E-state index contributed by atoms with van der Waals surface area (Å²) in [6.07, 6.45) is 4.48. The lowest BCUT2D eigenvalue weighted by Gasteiger charge is -2.12. The molecule has 15 heavy (non-hydrogen) atoms. The summed E-state index contributed by atoms with van der Waals surface area (Å²) >= 11 is 0. The number of hydrogen-bond acceptors (Lipinski definition) is 3. The molecule has 1 fully saturated rings. The first-order valence-corrected chi connectivity index (χ1v) is 7.79. The number of hydrogen-bond donors (Lipinski definition) is 1. The Bertz CT molecular complexity index is 270. The molecular weight excluding hydrogens is 210 g/mol. The second-order valence-corrected chi connectivity index (χ2v) is 6.93. The van der Waals surface area contributed by atoms with Crippen molar-refractivity contribution in [3.05, 3.63) is 0 Å². The van der Waals surface area contributed by atoms with Gasteiger partial charge in [0, 0.05) is 12.6 Å². The molecule has 3 nitrogen and oxygen atoms in total. The molecule has 0 amide bonds. The zero-order valence-electron chi connectivity index (χ0n) is 9.83. The van der Waals surface area contributed by atoms with E-state index < -0.39 is 9.84 Å². The first-order valence-electron chi connectivity index (χ1n) is 5.97. The second-order valence-electron chi connectivity index (χ2n) is 4.70. The monoisotopic (exact) mass is 233 g/mol. The summed E-state index contributed by atoms with van der Waals surface area (Å²) in [6.45, 7) is 4.86. The zero-order valence-corrected chi connectivity index (χ0v) is 10.6. The molecule has 0 aromatic rings. The van der Waals surface area contributed by atoms with E-state index in [9.17, 15) is 8.42 Å². The largest absolute Gasteiger partial charge is 0.313 e. The van der Waals surface area contributed by atoms with Crippen molar-refractivity contribution in [2.75, 3.05) is 18.1 Å². The third-order valence-corrected chi connectivity index (χ3v) is 4.62. The van der Waals surface area contributed by atoms with Crippen LogP contribution in [0.25, 0.3) is 0 Å². The smallest absolute Gasteiger partial charge is 0.151 e. The van der Waals surface area contributed by atoms with Crippen LogP contribution in [-0.2, 0) is 9.84 Å². The highest BCUT2D eigenvalue weighted by molar-refractivity contribution is 7.91. The maximum atomic E-state index is 11.6. The maximum absolute atomic E-state index is 11.6. The third-order valence-electron chi connectivity index (χ3n) is 2.81.